The number of carbonyl (C=O) groups excluding carboxylic acids is 4. The molecule has 1 aromatic rings. The predicted molar refractivity (Wildman–Crippen MR) is 126 cm³/mol. The van der Waals surface area contributed by atoms with Crippen molar-refractivity contribution in [2.45, 2.75) is 70.3 Å². The third kappa shape index (κ3) is 10.1. The quantitative estimate of drug-likeness (QED) is 0.160. The molecule has 35 heavy (non-hydrogen) atoms. The fraction of sp³-hybridized carbons (Fsp3) is 0.522. The maximum absolute atomic E-state index is 13.1. The van der Waals surface area contributed by atoms with Gasteiger partial charge in [-0.25, -0.2) is 4.79 Å². The number of carboxylic acids is 1. The summed E-state index contributed by atoms with van der Waals surface area (Å²) >= 11 is 0. The van der Waals surface area contributed by atoms with Crippen LogP contribution in [-0.4, -0.2) is 70.1 Å². The van der Waals surface area contributed by atoms with Gasteiger partial charge in [0.05, 0.1) is 12.1 Å². The third-order valence-corrected chi connectivity index (χ3v) is 5.25. The topological polar surface area (TPSA) is 214 Å². The van der Waals surface area contributed by atoms with Gasteiger partial charge in [0.2, 0.25) is 23.6 Å². The van der Waals surface area contributed by atoms with Crippen molar-refractivity contribution in [2.24, 2.45) is 17.4 Å². The Morgan fingerprint density at radius 2 is 1.46 bits per heavy atom. The van der Waals surface area contributed by atoms with Crippen molar-refractivity contribution in [3.8, 4) is 0 Å². The highest BCUT2D eigenvalue weighted by molar-refractivity contribution is 5.94. The van der Waals surface area contributed by atoms with E-state index < -0.39 is 65.8 Å². The maximum atomic E-state index is 13.1. The van der Waals surface area contributed by atoms with Crippen molar-refractivity contribution in [3.63, 3.8) is 0 Å². The average molecular weight is 494 g/mol. The third-order valence-electron chi connectivity index (χ3n) is 5.25. The van der Waals surface area contributed by atoms with Crippen LogP contribution in [0.5, 0.6) is 0 Å². The minimum absolute atomic E-state index is 0.0225. The van der Waals surface area contributed by atoms with Crippen LogP contribution in [-0.2, 0) is 30.4 Å². The number of benzene rings is 1. The highest BCUT2D eigenvalue weighted by Crippen LogP contribution is 2.07. The Morgan fingerprint density at radius 1 is 0.886 bits per heavy atom. The molecular weight excluding hydrogens is 458 g/mol. The van der Waals surface area contributed by atoms with Crippen molar-refractivity contribution in [3.05, 3.63) is 35.9 Å². The summed E-state index contributed by atoms with van der Waals surface area (Å²) in [6.07, 6.45) is -1.47. The number of carboxylic acid groups (broad SMARTS) is 1. The second-order valence-electron chi connectivity index (χ2n) is 8.66. The van der Waals surface area contributed by atoms with Gasteiger partial charge in [-0.15, -0.1) is 0 Å². The summed E-state index contributed by atoms with van der Waals surface area (Å²) in [6.45, 7) is 4.46. The minimum atomic E-state index is -1.48. The summed E-state index contributed by atoms with van der Waals surface area (Å²) < 4.78 is 0. The number of hydrogen-bond acceptors (Lipinski definition) is 7. The predicted octanol–water partition coefficient (Wildman–Crippen LogP) is -1.60. The van der Waals surface area contributed by atoms with Crippen LogP contribution in [0.25, 0.3) is 0 Å². The summed E-state index contributed by atoms with van der Waals surface area (Å²) in [5.74, 6) is -4.72. The zero-order valence-corrected chi connectivity index (χ0v) is 20.1. The lowest BCUT2D eigenvalue weighted by atomic mass is 10.0. The molecule has 1 aromatic carbocycles. The first-order valence-electron chi connectivity index (χ1n) is 11.2. The largest absolute Gasteiger partial charge is 0.480 e. The van der Waals surface area contributed by atoms with Gasteiger partial charge in [-0.1, -0.05) is 44.2 Å². The van der Waals surface area contributed by atoms with E-state index in [1.165, 1.54) is 6.92 Å². The van der Waals surface area contributed by atoms with E-state index in [9.17, 15) is 34.2 Å². The van der Waals surface area contributed by atoms with E-state index in [1.807, 2.05) is 0 Å². The smallest absolute Gasteiger partial charge is 0.326 e. The Kier molecular flexibility index (Phi) is 11.8. The summed E-state index contributed by atoms with van der Waals surface area (Å²) in [4.78, 5) is 60.8. The van der Waals surface area contributed by atoms with Crippen LogP contribution in [0.4, 0.5) is 0 Å². The molecule has 12 nitrogen and oxygen atoms in total. The number of primary amides is 1. The summed E-state index contributed by atoms with van der Waals surface area (Å²) in [5, 5.41) is 26.7. The lowest BCUT2D eigenvalue weighted by Gasteiger charge is -2.27. The molecule has 5 unspecified atom stereocenters. The molecule has 0 aliphatic rings. The standard InChI is InChI=1S/C23H35N5O7/c1-12(2)18(23(34)35)27-22(33)19(13(3)29)28-21(32)16(11-14-7-5-4-6-8-14)26-20(31)15(24)9-10-17(25)30/h4-8,12-13,15-16,18-19,29H,9-11,24H2,1-3H3,(H2,25,30)(H,26,31)(H,27,33)(H,28,32)(H,34,35). The second kappa shape index (κ2) is 14.0. The molecule has 0 saturated heterocycles. The van der Waals surface area contributed by atoms with Gasteiger partial charge in [0.25, 0.3) is 0 Å². The molecule has 194 valence electrons. The molecule has 12 heteroatoms. The average Bonchev–Trinajstić information content (AvgIpc) is 2.78. The monoisotopic (exact) mass is 493 g/mol. The molecule has 0 heterocycles. The SMILES string of the molecule is CC(C)C(NC(=O)C(NC(=O)C(Cc1ccccc1)NC(=O)C(N)CCC(N)=O)C(C)O)C(=O)O. The van der Waals surface area contributed by atoms with Crippen LogP contribution < -0.4 is 27.4 Å². The maximum Gasteiger partial charge on any atom is 0.326 e. The number of nitrogens with two attached hydrogens (primary N) is 2. The zero-order valence-electron chi connectivity index (χ0n) is 20.1. The number of rotatable bonds is 14. The molecule has 4 amide bonds. The van der Waals surface area contributed by atoms with E-state index in [4.69, 9.17) is 11.5 Å². The molecule has 0 aliphatic heterocycles. The van der Waals surface area contributed by atoms with Gasteiger partial charge in [-0.05, 0) is 24.8 Å². The molecule has 5 atom stereocenters. The van der Waals surface area contributed by atoms with Crippen LogP contribution in [0.15, 0.2) is 30.3 Å². The molecule has 0 bridgehead atoms. The molecule has 0 aromatic heterocycles. The normalized spacial score (nSPS) is 15.3. The molecule has 0 fully saturated rings. The van der Waals surface area contributed by atoms with E-state index >= 15 is 0 Å². The summed E-state index contributed by atoms with van der Waals surface area (Å²) in [7, 11) is 0. The van der Waals surface area contributed by atoms with Crippen molar-refractivity contribution in [2.75, 3.05) is 0 Å². The molecular formula is C23H35N5O7. The van der Waals surface area contributed by atoms with Crippen LogP contribution in [0.3, 0.4) is 0 Å². The molecule has 0 radical (unpaired) electrons. The van der Waals surface area contributed by atoms with Gasteiger partial charge in [0, 0.05) is 12.8 Å². The van der Waals surface area contributed by atoms with Gasteiger partial charge >= 0.3 is 5.97 Å². The summed E-state index contributed by atoms with van der Waals surface area (Å²) in [5.41, 5.74) is 11.6. The van der Waals surface area contributed by atoms with E-state index in [-0.39, 0.29) is 19.3 Å². The Balaban J connectivity index is 3.06. The molecule has 9 N–H and O–H groups in total. The number of hydrogen-bond donors (Lipinski definition) is 7. The van der Waals surface area contributed by atoms with Crippen LogP contribution in [0, 0.1) is 5.92 Å². The number of carbonyl (C=O) groups is 5. The van der Waals surface area contributed by atoms with Gasteiger partial charge < -0.3 is 37.6 Å². The molecule has 0 spiro atoms. The van der Waals surface area contributed by atoms with Gasteiger partial charge in [0.15, 0.2) is 0 Å². The first kappa shape index (κ1) is 29.5. The number of aliphatic hydroxyl groups excluding tert-OH is 1. The highest BCUT2D eigenvalue weighted by atomic mass is 16.4. The van der Waals surface area contributed by atoms with Crippen LogP contribution >= 0.6 is 0 Å². The first-order valence-corrected chi connectivity index (χ1v) is 11.2. The number of aliphatic carboxylic acids is 1. The highest BCUT2D eigenvalue weighted by Gasteiger charge is 2.33. The Labute approximate surface area is 203 Å². The second-order valence-corrected chi connectivity index (χ2v) is 8.66. The van der Waals surface area contributed by atoms with E-state index in [0.29, 0.717) is 5.56 Å². The lowest BCUT2D eigenvalue weighted by molar-refractivity contribution is -0.144. The number of nitrogens with one attached hydrogen (secondary N) is 3. The minimum Gasteiger partial charge on any atom is -0.480 e. The van der Waals surface area contributed by atoms with Crippen LogP contribution in [0.1, 0.15) is 39.2 Å². The molecule has 1 rings (SSSR count). The Morgan fingerprint density at radius 3 is 1.94 bits per heavy atom. The van der Waals surface area contributed by atoms with E-state index in [2.05, 4.69) is 16.0 Å². The first-order chi connectivity index (χ1) is 16.3. The molecule has 0 aliphatic carbocycles. The number of aliphatic hydroxyl groups is 1. The van der Waals surface area contributed by atoms with Gasteiger partial charge in [-0.2, -0.15) is 0 Å². The van der Waals surface area contributed by atoms with E-state index in [0.717, 1.165) is 0 Å². The zero-order chi connectivity index (χ0) is 26.7. The number of amides is 4. The van der Waals surface area contributed by atoms with Crippen molar-refractivity contribution < 1.29 is 34.2 Å². The van der Waals surface area contributed by atoms with E-state index in [1.54, 1.807) is 44.2 Å². The van der Waals surface area contributed by atoms with Gasteiger partial charge in [-0.3, -0.25) is 19.2 Å². The molecule has 0 saturated carbocycles. The fourth-order valence-corrected chi connectivity index (χ4v) is 3.18. The lowest BCUT2D eigenvalue weighted by Crippen LogP contribution is -2.60. The Bertz CT molecular complexity index is 892. The van der Waals surface area contributed by atoms with Crippen molar-refractivity contribution in [1.29, 1.82) is 0 Å². The van der Waals surface area contributed by atoms with Gasteiger partial charge in [0.1, 0.15) is 18.1 Å². The summed E-state index contributed by atoms with van der Waals surface area (Å²) in [6, 6.07) is 3.73. The van der Waals surface area contributed by atoms with Crippen molar-refractivity contribution >= 4 is 29.6 Å². The fourth-order valence-electron chi connectivity index (χ4n) is 3.18. The van der Waals surface area contributed by atoms with Crippen LogP contribution in [0.2, 0.25) is 0 Å². The van der Waals surface area contributed by atoms with Crippen molar-refractivity contribution in [1.82, 2.24) is 16.0 Å². The Hall–Kier alpha value is -3.51.